The summed E-state index contributed by atoms with van der Waals surface area (Å²) in [6.07, 6.45) is 0.579. The minimum absolute atomic E-state index is 0.108. The van der Waals surface area contributed by atoms with Crippen LogP contribution in [0.3, 0.4) is 0 Å². The predicted molar refractivity (Wildman–Crippen MR) is 73.9 cm³/mol. The van der Waals surface area contributed by atoms with E-state index >= 15 is 0 Å². The topological polar surface area (TPSA) is 62.6 Å². The molecule has 0 fully saturated rings. The van der Waals surface area contributed by atoms with Crippen LogP contribution in [0, 0.1) is 0 Å². The second-order valence-corrected chi connectivity index (χ2v) is 4.98. The molecule has 7 heteroatoms. The molecule has 0 saturated heterocycles. The zero-order valence-corrected chi connectivity index (χ0v) is 11.8. The normalized spacial score (nSPS) is 16.7. The molecule has 3 rings (SSSR count). The van der Waals surface area contributed by atoms with E-state index in [0.29, 0.717) is 32.1 Å². The van der Waals surface area contributed by atoms with Crippen molar-refractivity contribution in [3.05, 3.63) is 47.7 Å². The standard InChI is InChI=1S/C15H15FN2O4/c16-22-15(19)13-8-14-18(17-13)7-6-12(21-14)10-20-9-11-4-2-1-3-5-11/h1-5,8,12H,6-7,9-10H2. The van der Waals surface area contributed by atoms with Gasteiger partial charge in [-0.05, 0) is 5.56 Å². The van der Waals surface area contributed by atoms with E-state index in [4.69, 9.17) is 9.47 Å². The zero-order chi connectivity index (χ0) is 15.4. The predicted octanol–water partition coefficient (Wildman–Crippen LogP) is 2.29. The van der Waals surface area contributed by atoms with E-state index in [9.17, 15) is 9.32 Å². The molecule has 1 atom stereocenters. The van der Waals surface area contributed by atoms with Gasteiger partial charge in [0.15, 0.2) is 5.69 Å². The summed E-state index contributed by atoms with van der Waals surface area (Å²) in [6, 6.07) is 11.2. The van der Waals surface area contributed by atoms with E-state index in [1.54, 1.807) is 0 Å². The fraction of sp³-hybridized carbons (Fsp3) is 0.333. The van der Waals surface area contributed by atoms with Gasteiger partial charge in [-0.2, -0.15) is 5.10 Å². The third-order valence-corrected chi connectivity index (χ3v) is 3.39. The van der Waals surface area contributed by atoms with E-state index in [-0.39, 0.29) is 11.8 Å². The minimum Gasteiger partial charge on any atom is -0.472 e. The van der Waals surface area contributed by atoms with Crippen molar-refractivity contribution in [1.82, 2.24) is 9.78 Å². The van der Waals surface area contributed by atoms with Crippen LogP contribution in [0.25, 0.3) is 0 Å². The van der Waals surface area contributed by atoms with Gasteiger partial charge in [-0.25, -0.2) is 14.4 Å². The van der Waals surface area contributed by atoms with E-state index < -0.39 is 5.97 Å². The molecule has 0 bridgehead atoms. The van der Waals surface area contributed by atoms with Gasteiger partial charge in [0, 0.05) is 23.6 Å². The Labute approximate surface area is 126 Å². The molecule has 2 aromatic rings. The summed E-state index contributed by atoms with van der Waals surface area (Å²) in [7, 11) is 0. The van der Waals surface area contributed by atoms with Crippen molar-refractivity contribution in [3.8, 4) is 5.88 Å². The molecule has 0 saturated carbocycles. The first-order chi connectivity index (χ1) is 10.8. The number of ether oxygens (including phenoxy) is 2. The van der Waals surface area contributed by atoms with Crippen molar-refractivity contribution in [2.45, 2.75) is 25.7 Å². The summed E-state index contributed by atoms with van der Waals surface area (Å²) >= 11 is 0. The summed E-state index contributed by atoms with van der Waals surface area (Å²) in [5.41, 5.74) is 0.986. The molecular weight excluding hydrogens is 291 g/mol. The highest BCUT2D eigenvalue weighted by molar-refractivity contribution is 5.87. The van der Waals surface area contributed by atoms with Gasteiger partial charge in [0.05, 0.1) is 13.2 Å². The van der Waals surface area contributed by atoms with Crippen molar-refractivity contribution in [2.24, 2.45) is 0 Å². The Bertz CT molecular complexity index is 644. The number of carbonyl (C=O) groups is 1. The van der Waals surface area contributed by atoms with Gasteiger partial charge in [0.1, 0.15) is 6.10 Å². The molecule has 0 amide bonds. The monoisotopic (exact) mass is 306 g/mol. The van der Waals surface area contributed by atoms with Gasteiger partial charge in [0.25, 0.3) is 0 Å². The first-order valence-corrected chi connectivity index (χ1v) is 6.95. The third-order valence-electron chi connectivity index (χ3n) is 3.39. The van der Waals surface area contributed by atoms with E-state index in [1.807, 2.05) is 30.3 Å². The van der Waals surface area contributed by atoms with E-state index in [0.717, 1.165) is 5.56 Å². The molecule has 1 aromatic carbocycles. The van der Waals surface area contributed by atoms with Crippen LogP contribution in [0.15, 0.2) is 36.4 Å². The molecule has 2 heterocycles. The number of hydrogen-bond acceptors (Lipinski definition) is 5. The number of aromatic nitrogens is 2. The highest BCUT2D eigenvalue weighted by Crippen LogP contribution is 2.22. The molecule has 0 spiro atoms. The Kier molecular flexibility index (Phi) is 4.34. The van der Waals surface area contributed by atoms with Crippen molar-refractivity contribution in [1.29, 1.82) is 0 Å². The molecular formula is C15H15FN2O4. The SMILES string of the molecule is O=C(OF)c1cc2n(n1)CCC(COCc1ccccc1)O2. The number of carbonyl (C=O) groups excluding carboxylic acids is 1. The van der Waals surface area contributed by atoms with Gasteiger partial charge in [-0.15, -0.1) is 0 Å². The average molecular weight is 306 g/mol. The summed E-state index contributed by atoms with van der Waals surface area (Å²) < 4.78 is 24.7. The summed E-state index contributed by atoms with van der Waals surface area (Å²) in [4.78, 5) is 14.2. The van der Waals surface area contributed by atoms with Gasteiger partial charge >= 0.3 is 5.97 Å². The van der Waals surface area contributed by atoms with Gasteiger partial charge in [-0.1, -0.05) is 30.3 Å². The number of halogens is 1. The van der Waals surface area contributed by atoms with Gasteiger partial charge < -0.3 is 9.47 Å². The lowest BCUT2D eigenvalue weighted by atomic mass is 10.2. The highest BCUT2D eigenvalue weighted by atomic mass is 19.3. The highest BCUT2D eigenvalue weighted by Gasteiger charge is 2.24. The smallest absolute Gasteiger partial charge is 0.399 e. The maximum Gasteiger partial charge on any atom is 0.399 e. The zero-order valence-electron chi connectivity index (χ0n) is 11.8. The van der Waals surface area contributed by atoms with Crippen LogP contribution in [0.1, 0.15) is 22.5 Å². The maximum absolute atomic E-state index is 11.9. The average Bonchev–Trinajstić information content (AvgIpc) is 2.98. The molecule has 1 aliphatic rings. The summed E-state index contributed by atoms with van der Waals surface area (Å²) in [6.45, 7) is 1.52. The van der Waals surface area contributed by atoms with Crippen molar-refractivity contribution in [2.75, 3.05) is 6.61 Å². The number of nitrogens with zero attached hydrogens (tertiary/aromatic N) is 2. The van der Waals surface area contributed by atoms with E-state index in [1.165, 1.54) is 10.7 Å². The van der Waals surface area contributed by atoms with Crippen LogP contribution in [-0.4, -0.2) is 28.5 Å². The Morgan fingerprint density at radius 3 is 3.00 bits per heavy atom. The second kappa shape index (κ2) is 6.57. The van der Waals surface area contributed by atoms with Crippen LogP contribution in [0.5, 0.6) is 5.88 Å². The first kappa shape index (κ1) is 14.5. The minimum atomic E-state index is -1.12. The van der Waals surface area contributed by atoms with Crippen LogP contribution in [0.2, 0.25) is 0 Å². The van der Waals surface area contributed by atoms with Gasteiger partial charge in [-0.3, -0.25) is 0 Å². The quantitative estimate of drug-likeness (QED) is 0.848. The second-order valence-electron chi connectivity index (χ2n) is 4.98. The Morgan fingerprint density at radius 1 is 1.41 bits per heavy atom. The molecule has 116 valence electrons. The van der Waals surface area contributed by atoms with Crippen LogP contribution >= 0.6 is 0 Å². The number of aryl methyl sites for hydroxylation is 1. The Balaban J connectivity index is 1.53. The lowest BCUT2D eigenvalue weighted by Crippen LogP contribution is -2.30. The molecule has 1 unspecified atom stereocenters. The third kappa shape index (κ3) is 3.25. The number of fused-ring (bicyclic) bond motifs is 1. The molecule has 0 N–H and O–H groups in total. The lowest BCUT2D eigenvalue weighted by molar-refractivity contribution is -0.0793. The Hall–Kier alpha value is -2.41. The summed E-state index contributed by atoms with van der Waals surface area (Å²) in [5.74, 6) is -0.706. The maximum atomic E-state index is 11.9. The Morgan fingerprint density at radius 2 is 2.23 bits per heavy atom. The molecule has 1 aromatic heterocycles. The van der Waals surface area contributed by atoms with Gasteiger partial charge in [0.2, 0.25) is 5.88 Å². The van der Waals surface area contributed by atoms with Crippen LogP contribution in [-0.2, 0) is 22.8 Å². The molecule has 0 radical (unpaired) electrons. The summed E-state index contributed by atoms with van der Waals surface area (Å²) in [5, 5.41) is 3.92. The largest absolute Gasteiger partial charge is 0.472 e. The fourth-order valence-corrected chi connectivity index (χ4v) is 2.29. The van der Waals surface area contributed by atoms with Crippen LogP contribution < -0.4 is 4.74 Å². The number of hydrogen-bond donors (Lipinski definition) is 0. The first-order valence-electron chi connectivity index (χ1n) is 6.95. The molecule has 6 nitrogen and oxygen atoms in total. The van der Waals surface area contributed by atoms with Crippen molar-refractivity contribution < 1.29 is 23.7 Å². The molecule has 0 aliphatic carbocycles. The number of rotatable bonds is 5. The lowest BCUT2D eigenvalue weighted by Gasteiger charge is -2.24. The van der Waals surface area contributed by atoms with Crippen LogP contribution in [0.4, 0.5) is 4.53 Å². The van der Waals surface area contributed by atoms with Crippen molar-refractivity contribution >= 4 is 5.97 Å². The van der Waals surface area contributed by atoms with Crippen molar-refractivity contribution in [3.63, 3.8) is 0 Å². The molecule has 22 heavy (non-hydrogen) atoms. The molecule has 1 aliphatic heterocycles. The number of benzene rings is 1. The van der Waals surface area contributed by atoms with E-state index in [2.05, 4.69) is 10.0 Å². The fourth-order valence-electron chi connectivity index (χ4n) is 2.29.